The average Bonchev–Trinajstić information content (AvgIpc) is 3.46. The van der Waals surface area contributed by atoms with Gasteiger partial charge < -0.3 is 24.2 Å². The van der Waals surface area contributed by atoms with Crippen LogP contribution >= 0.6 is 0 Å². The van der Waals surface area contributed by atoms with Gasteiger partial charge in [-0.25, -0.2) is 0 Å². The smallest absolute Gasteiger partial charge is 0.274 e. The fourth-order valence-electron chi connectivity index (χ4n) is 4.62. The minimum absolute atomic E-state index is 0.0330. The lowest BCUT2D eigenvalue weighted by atomic mass is 9.78. The number of benzene rings is 1. The van der Waals surface area contributed by atoms with Gasteiger partial charge in [-0.1, -0.05) is 0 Å². The number of ether oxygens (including phenoxy) is 3. The van der Waals surface area contributed by atoms with Gasteiger partial charge >= 0.3 is 0 Å². The van der Waals surface area contributed by atoms with Crippen LogP contribution in [0.5, 0.6) is 17.2 Å². The summed E-state index contributed by atoms with van der Waals surface area (Å²) < 4.78 is 18.6. The fraction of sp³-hybridized carbons (Fsp3) is 0.524. The third kappa shape index (κ3) is 3.42. The van der Waals surface area contributed by atoms with Crippen molar-refractivity contribution in [3.8, 4) is 17.2 Å². The lowest BCUT2D eigenvalue weighted by Crippen LogP contribution is -2.42. The second-order valence-corrected chi connectivity index (χ2v) is 8.00. The minimum atomic E-state index is -0.559. The molecule has 3 aliphatic rings. The van der Waals surface area contributed by atoms with E-state index in [1.54, 1.807) is 16.8 Å². The number of rotatable bonds is 4. The third-order valence-corrected chi connectivity index (χ3v) is 6.19. The Bertz CT molecular complexity index is 913. The molecule has 1 N–H and O–H groups in total. The Hall–Kier alpha value is -2.74. The third-order valence-electron chi connectivity index (χ3n) is 6.19. The van der Waals surface area contributed by atoms with Crippen LogP contribution in [0.25, 0.3) is 0 Å². The first-order valence-corrected chi connectivity index (χ1v) is 10.2. The van der Waals surface area contributed by atoms with E-state index >= 15 is 0 Å². The first kappa shape index (κ1) is 18.3. The van der Waals surface area contributed by atoms with Crippen molar-refractivity contribution in [2.45, 2.75) is 38.5 Å². The van der Waals surface area contributed by atoms with Gasteiger partial charge in [0.25, 0.3) is 5.91 Å². The molecule has 1 saturated heterocycles. The number of aryl methyl sites for hydroxylation is 1. The molecule has 0 radical (unpaired) electrons. The van der Waals surface area contributed by atoms with Gasteiger partial charge in [-0.2, -0.15) is 5.10 Å². The Balaban J connectivity index is 1.24. The molecule has 1 aliphatic carbocycles. The summed E-state index contributed by atoms with van der Waals surface area (Å²) in [5.41, 5.74) is 0.485. The zero-order valence-electron chi connectivity index (χ0n) is 16.4. The summed E-state index contributed by atoms with van der Waals surface area (Å²) in [5.74, 6) is 2.60. The number of nitrogens with zero attached hydrogens (tertiary/aromatic N) is 3. The molecule has 1 amide bonds. The van der Waals surface area contributed by atoms with Crippen LogP contribution in [0.2, 0.25) is 0 Å². The van der Waals surface area contributed by atoms with E-state index in [4.69, 9.17) is 14.2 Å². The molecule has 1 aromatic heterocycles. The number of aliphatic hydroxyl groups excluding tert-OH is 1. The highest BCUT2D eigenvalue weighted by Gasteiger charge is 2.44. The average molecular weight is 399 g/mol. The van der Waals surface area contributed by atoms with Crippen LogP contribution in [0.4, 0.5) is 0 Å². The first-order chi connectivity index (χ1) is 14.1. The molecule has 3 heterocycles. The number of carbonyl (C=O) groups excluding carboxylic acids is 1. The molecule has 8 heteroatoms. The van der Waals surface area contributed by atoms with E-state index in [-0.39, 0.29) is 18.8 Å². The molecule has 0 spiro atoms. The number of carbonyl (C=O) groups is 1. The number of amides is 1. The van der Waals surface area contributed by atoms with Gasteiger partial charge in [-0.15, -0.1) is 0 Å². The lowest BCUT2D eigenvalue weighted by Gasteiger charge is -2.35. The lowest BCUT2D eigenvalue weighted by molar-refractivity contribution is -0.0232. The molecule has 1 aromatic carbocycles. The topological polar surface area (TPSA) is 86.1 Å². The Morgan fingerprint density at radius 3 is 2.79 bits per heavy atom. The first-order valence-electron chi connectivity index (χ1n) is 10.2. The van der Waals surface area contributed by atoms with E-state index in [1.807, 2.05) is 30.2 Å². The maximum atomic E-state index is 12.8. The monoisotopic (exact) mass is 399 g/mol. The zero-order valence-corrected chi connectivity index (χ0v) is 16.4. The highest BCUT2D eigenvalue weighted by atomic mass is 16.7. The molecule has 2 fully saturated rings. The second-order valence-electron chi connectivity index (χ2n) is 8.00. The standard InChI is InChI=1S/C21H25N3O5/c1-2-24-6-5-16(22-24)21(26)23-10-13-7-17(25)19(8-14(13)11-23)29-15-3-4-18-20(9-15)28-12-27-18/h3-6,9,13-14,17,19,25H,2,7-8,10-12H2,1H3/t13-,14+,17+,19+/m0/s1. The van der Waals surface area contributed by atoms with E-state index in [9.17, 15) is 9.90 Å². The summed E-state index contributed by atoms with van der Waals surface area (Å²) in [5, 5.41) is 15.0. The summed E-state index contributed by atoms with van der Waals surface area (Å²) in [4.78, 5) is 14.7. The molecule has 2 aliphatic heterocycles. The Kier molecular flexibility index (Phi) is 4.58. The van der Waals surface area contributed by atoms with Gasteiger partial charge in [0.15, 0.2) is 11.5 Å². The summed E-state index contributed by atoms with van der Waals surface area (Å²) in [6, 6.07) is 7.23. The van der Waals surface area contributed by atoms with Crippen LogP contribution in [0.3, 0.4) is 0 Å². The van der Waals surface area contributed by atoms with Crippen molar-refractivity contribution in [1.29, 1.82) is 0 Å². The van der Waals surface area contributed by atoms with Crippen molar-refractivity contribution in [2.75, 3.05) is 19.9 Å². The number of aliphatic hydroxyl groups is 1. The molecule has 29 heavy (non-hydrogen) atoms. The summed E-state index contributed by atoms with van der Waals surface area (Å²) in [7, 11) is 0. The molecule has 4 atom stereocenters. The van der Waals surface area contributed by atoms with Crippen LogP contribution in [-0.2, 0) is 6.54 Å². The number of hydrogen-bond acceptors (Lipinski definition) is 6. The molecular weight excluding hydrogens is 374 g/mol. The number of fused-ring (bicyclic) bond motifs is 2. The van der Waals surface area contributed by atoms with Crippen LogP contribution in [0.15, 0.2) is 30.5 Å². The van der Waals surface area contributed by atoms with Gasteiger partial charge in [-0.05, 0) is 49.8 Å². The molecule has 0 unspecified atom stereocenters. The zero-order chi connectivity index (χ0) is 20.0. The number of aromatic nitrogens is 2. The summed E-state index contributed by atoms with van der Waals surface area (Å²) >= 11 is 0. The highest BCUT2D eigenvalue weighted by molar-refractivity contribution is 5.92. The number of likely N-dealkylation sites (tertiary alicyclic amines) is 1. The van der Waals surface area contributed by atoms with Crippen molar-refractivity contribution in [2.24, 2.45) is 11.8 Å². The van der Waals surface area contributed by atoms with Crippen molar-refractivity contribution in [3.05, 3.63) is 36.2 Å². The van der Waals surface area contributed by atoms with Crippen molar-refractivity contribution in [1.82, 2.24) is 14.7 Å². The fourth-order valence-corrected chi connectivity index (χ4v) is 4.62. The maximum Gasteiger partial charge on any atom is 0.274 e. The van der Waals surface area contributed by atoms with Crippen LogP contribution < -0.4 is 14.2 Å². The van der Waals surface area contributed by atoms with Crippen LogP contribution in [0, 0.1) is 11.8 Å². The van der Waals surface area contributed by atoms with E-state index in [0.29, 0.717) is 60.7 Å². The molecule has 8 nitrogen and oxygen atoms in total. The highest BCUT2D eigenvalue weighted by Crippen LogP contribution is 2.40. The van der Waals surface area contributed by atoms with Crippen LogP contribution in [0.1, 0.15) is 30.3 Å². The van der Waals surface area contributed by atoms with Crippen molar-refractivity contribution in [3.63, 3.8) is 0 Å². The van der Waals surface area contributed by atoms with E-state index in [0.717, 1.165) is 6.54 Å². The SMILES string of the molecule is CCn1ccc(C(=O)N2C[C@H]3C[C@@H](Oc4ccc5c(c4)OCO5)[C@H](O)C[C@H]3C2)n1. The number of hydrogen-bond donors (Lipinski definition) is 1. The summed E-state index contributed by atoms with van der Waals surface area (Å²) in [6.07, 6.45) is 2.32. The normalized spacial score (nSPS) is 27.7. The molecule has 1 saturated carbocycles. The Morgan fingerprint density at radius 1 is 1.21 bits per heavy atom. The predicted octanol–water partition coefficient (Wildman–Crippen LogP) is 1.92. The van der Waals surface area contributed by atoms with E-state index in [1.165, 1.54) is 0 Å². The maximum absolute atomic E-state index is 12.8. The van der Waals surface area contributed by atoms with Crippen molar-refractivity contribution >= 4 is 5.91 Å². The molecule has 2 aromatic rings. The van der Waals surface area contributed by atoms with E-state index in [2.05, 4.69) is 5.10 Å². The minimum Gasteiger partial charge on any atom is -0.488 e. The van der Waals surface area contributed by atoms with E-state index < -0.39 is 6.10 Å². The Morgan fingerprint density at radius 2 is 2.00 bits per heavy atom. The molecular formula is C21H25N3O5. The van der Waals surface area contributed by atoms with Gasteiger partial charge in [0.05, 0.1) is 6.10 Å². The summed E-state index contributed by atoms with van der Waals surface area (Å²) in [6.45, 7) is 4.29. The predicted molar refractivity (Wildman–Crippen MR) is 103 cm³/mol. The van der Waals surface area contributed by atoms with Gasteiger partial charge in [0, 0.05) is 31.9 Å². The van der Waals surface area contributed by atoms with Crippen molar-refractivity contribution < 1.29 is 24.1 Å². The quantitative estimate of drug-likeness (QED) is 0.846. The van der Waals surface area contributed by atoms with Gasteiger partial charge in [-0.3, -0.25) is 9.48 Å². The van der Waals surface area contributed by atoms with Crippen LogP contribution in [-0.4, -0.2) is 57.8 Å². The largest absolute Gasteiger partial charge is 0.488 e. The Labute approximate surface area is 169 Å². The molecule has 0 bridgehead atoms. The van der Waals surface area contributed by atoms with Gasteiger partial charge in [0.2, 0.25) is 6.79 Å². The second kappa shape index (κ2) is 7.26. The molecule has 5 rings (SSSR count). The van der Waals surface area contributed by atoms with Gasteiger partial charge in [0.1, 0.15) is 17.5 Å². The molecule has 154 valence electrons.